The van der Waals surface area contributed by atoms with Gasteiger partial charge in [0.1, 0.15) is 0 Å². The molecule has 0 aliphatic rings. The second-order valence-corrected chi connectivity index (χ2v) is 5.78. The largest absolute Gasteiger partial charge is 0.493 e. The van der Waals surface area contributed by atoms with E-state index in [0.717, 1.165) is 30.9 Å². The van der Waals surface area contributed by atoms with Crippen LogP contribution in [0.15, 0.2) is 18.2 Å². The number of hydrogen-bond acceptors (Lipinski definition) is 3. The summed E-state index contributed by atoms with van der Waals surface area (Å²) in [6.45, 7) is 5.01. The third-order valence-corrected chi connectivity index (χ3v) is 3.54. The van der Waals surface area contributed by atoms with Gasteiger partial charge in [0, 0.05) is 6.04 Å². The second kappa shape index (κ2) is 10.5. The first-order chi connectivity index (χ1) is 10.2. The molecule has 1 aromatic rings. The number of unbranched alkanes of at least 4 members (excludes halogenated alkanes) is 5. The van der Waals surface area contributed by atoms with Gasteiger partial charge in [-0.15, -0.1) is 0 Å². The van der Waals surface area contributed by atoms with Crippen molar-refractivity contribution in [2.24, 2.45) is 5.73 Å². The van der Waals surface area contributed by atoms with Crippen molar-refractivity contribution in [1.29, 1.82) is 0 Å². The standard InChI is InChI=1S/C18H31NO2/c1-4-5-6-7-8-9-12-21-17-11-10-16(13-15(2)19)14-18(17)20-3/h10-11,14-15H,4-9,12-13,19H2,1-3H3. The van der Waals surface area contributed by atoms with Crippen LogP contribution in [-0.2, 0) is 6.42 Å². The molecule has 0 aliphatic carbocycles. The Kier molecular flexibility index (Phi) is 8.91. The minimum absolute atomic E-state index is 0.157. The van der Waals surface area contributed by atoms with Crippen molar-refractivity contribution in [3.05, 3.63) is 23.8 Å². The van der Waals surface area contributed by atoms with E-state index in [-0.39, 0.29) is 6.04 Å². The number of benzene rings is 1. The maximum absolute atomic E-state index is 5.84. The highest BCUT2D eigenvalue weighted by atomic mass is 16.5. The van der Waals surface area contributed by atoms with Crippen LogP contribution in [-0.4, -0.2) is 19.8 Å². The van der Waals surface area contributed by atoms with Crippen molar-refractivity contribution in [1.82, 2.24) is 0 Å². The lowest BCUT2D eigenvalue weighted by molar-refractivity contribution is 0.284. The van der Waals surface area contributed by atoms with Gasteiger partial charge in [-0.1, -0.05) is 45.1 Å². The zero-order valence-electron chi connectivity index (χ0n) is 13.9. The lowest BCUT2D eigenvalue weighted by Crippen LogP contribution is -2.17. The normalized spacial score (nSPS) is 12.2. The Hall–Kier alpha value is -1.22. The Morgan fingerprint density at radius 2 is 1.76 bits per heavy atom. The molecule has 3 nitrogen and oxygen atoms in total. The number of hydrogen-bond donors (Lipinski definition) is 1. The Bertz CT molecular complexity index is 391. The van der Waals surface area contributed by atoms with E-state index in [4.69, 9.17) is 15.2 Å². The maximum Gasteiger partial charge on any atom is 0.161 e. The highest BCUT2D eigenvalue weighted by Crippen LogP contribution is 2.28. The quantitative estimate of drug-likeness (QED) is 0.618. The van der Waals surface area contributed by atoms with Gasteiger partial charge < -0.3 is 15.2 Å². The van der Waals surface area contributed by atoms with Gasteiger partial charge in [-0.2, -0.15) is 0 Å². The van der Waals surface area contributed by atoms with Crippen LogP contribution in [0.2, 0.25) is 0 Å². The Balaban J connectivity index is 2.37. The summed E-state index contributed by atoms with van der Waals surface area (Å²) in [6, 6.07) is 6.25. The van der Waals surface area contributed by atoms with Crippen LogP contribution in [0.25, 0.3) is 0 Å². The minimum atomic E-state index is 0.157. The van der Waals surface area contributed by atoms with Crippen LogP contribution in [0.4, 0.5) is 0 Å². The molecule has 21 heavy (non-hydrogen) atoms. The number of methoxy groups -OCH3 is 1. The fourth-order valence-electron chi connectivity index (χ4n) is 2.39. The highest BCUT2D eigenvalue weighted by molar-refractivity contribution is 5.43. The molecule has 3 heteroatoms. The van der Waals surface area contributed by atoms with Crippen LogP contribution < -0.4 is 15.2 Å². The molecule has 0 radical (unpaired) electrons. The molecular weight excluding hydrogens is 262 g/mol. The molecule has 1 aromatic carbocycles. The predicted octanol–water partition coefficient (Wildman–Crippen LogP) is 4.32. The fourth-order valence-corrected chi connectivity index (χ4v) is 2.39. The zero-order chi connectivity index (χ0) is 15.5. The number of ether oxygens (including phenoxy) is 2. The second-order valence-electron chi connectivity index (χ2n) is 5.78. The van der Waals surface area contributed by atoms with Gasteiger partial charge in [0.2, 0.25) is 0 Å². The summed E-state index contributed by atoms with van der Waals surface area (Å²) in [5.41, 5.74) is 7.02. The third kappa shape index (κ3) is 7.37. The Morgan fingerprint density at radius 1 is 1.05 bits per heavy atom. The first kappa shape index (κ1) is 17.8. The third-order valence-electron chi connectivity index (χ3n) is 3.54. The van der Waals surface area contributed by atoms with Crippen LogP contribution in [0.1, 0.15) is 57.9 Å². The molecule has 0 amide bonds. The van der Waals surface area contributed by atoms with E-state index in [1.54, 1.807) is 7.11 Å². The Labute approximate surface area is 129 Å². The Morgan fingerprint density at radius 3 is 2.43 bits per heavy atom. The van der Waals surface area contributed by atoms with Crippen molar-refractivity contribution >= 4 is 0 Å². The van der Waals surface area contributed by atoms with Crippen molar-refractivity contribution in [2.45, 2.75) is 64.8 Å². The van der Waals surface area contributed by atoms with Crippen LogP contribution in [0.3, 0.4) is 0 Å². The summed E-state index contributed by atoms with van der Waals surface area (Å²) in [7, 11) is 1.68. The topological polar surface area (TPSA) is 44.5 Å². The summed E-state index contributed by atoms with van der Waals surface area (Å²) in [6.07, 6.45) is 8.48. The molecule has 0 saturated carbocycles. The molecule has 0 heterocycles. The predicted molar refractivity (Wildman–Crippen MR) is 89.2 cm³/mol. The molecule has 0 spiro atoms. The molecule has 1 atom stereocenters. The van der Waals surface area contributed by atoms with Crippen LogP contribution in [0, 0.1) is 0 Å². The summed E-state index contributed by atoms with van der Waals surface area (Å²) >= 11 is 0. The molecule has 0 aliphatic heterocycles. The summed E-state index contributed by atoms with van der Waals surface area (Å²) < 4.78 is 11.3. The van der Waals surface area contributed by atoms with Crippen molar-refractivity contribution in [2.75, 3.05) is 13.7 Å². The SMILES string of the molecule is CCCCCCCCOc1ccc(CC(C)N)cc1OC. The van der Waals surface area contributed by atoms with E-state index in [1.165, 1.54) is 37.7 Å². The average Bonchev–Trinajstić information content (AvgIpc) is 2.46. The monoisotopic (exact) mass is 293 g/mol. The summed E-state index contributed by atoms with van der Waals surface area (Å²) in [5.74, 6) is 1.64. The molecule has 0 bridgehead atoms. The molecule has 1 rings (SSSR count). The lowest BCUT2D eigenvalue weighted by Gasteiger charge is -2.13. The van der Waals surface area contributed by atoms with E-state index in [1.807, 2.05) is 19.1 Å². The molecule has 0 aromatic heterocycles. The average molecular weight is 293 g/mol. The molecule has 1 unspecified atom stereocenters. The minimum Gasteiger partial charge on any atom is -0.493 e. The molecule has 2 N–H and O–H groups in total. The van der Waals surface area contributed by atoms with Gasteiger partial charge in [0.15, 0.2) is 11.5 Å². The first-order valence-electron chi connectivity index (χ1n) is 8.22. The maximum atomic E-state index is 5.84. The van der Waals surface area contributed by atoms with E-state index >= 15 is 0 Å². The van der Waals surface area contributed by atoms with Crippen LogP contribution in [0.5, 0.6) is 11.5 Å². The lowest BCUT2D eigenvalue weighted by atomic mass is 10.1. The van der Waals surface area contributed by atoms with Crippen molar-refractivity contribution < 1.29 is 9.47 Å². The summed E-state index contributed by atoms with van der Waals surface area (Å²) in [5, 5.41) is 0. The highest BCUT2D eigenvalue weighted by Gasteiger charge is 2.07. The molecule has 0 fully saturated rings. The smallest absolute Gasteiger partial charge is 0.161 e. The van der Waals surface area contributed by atoms with Gasteiger partial charge in [-0.05, 0) is 37.5 Å². The molecule has 120 valence electrons. The zero-order valence-corrected chi connectivity index (χ0v) is 13.9. The van der Waals surface area contributed by atoms with Gasteiger partial charge in [0.25, 0.3) is 0 Å². The van der Waals surface area contributed by atoms with Crippen LogP contribution >= 0.6 is 0 Å². The van der Waals surface area contributed by atoms with Gasteiger partial charge >= 0.3 is 0 Å². The van der Waals surface area contributed by atoms with E-state index < -0.39 is 0 Å². The van der Waals surface area contributed by atoms with Crippen molar-refractivity contribution in [3.63, 3.8) is 0 Å². The summed E-state index contributed by atoms with van der Waals surface area (Å²) in [4.78, 5) is 0. The number of nitrogens with two attached hydrogens (primary N) is 1. The molecular formula is C18H31NO2. The van der Waals surface area contributed by atoms with Gasteiger partial charge in [0.05, 0.1) is 13.7 Å². The molecule has 0 saturated heterocycles. The van der Waals surface area contributed by atoms with Gasteiger partial charge in [-0.25, -0.2) is 0 Å². The first-order valence-corrected chi connectivity index (χ1v) is 8.22. The van der Waals surface area contributed by atoms with Gasteiger partial charge in [-0.3, -0.25) is 0 Å². The van der Waals surface area contributed by atoms with E-state index in [9.17, 15) is 0 Å². The van der Waals surface area contributed by atoms with E-state index in [2.05, 4.69) is 13.0 Å². The van der Waals surface area contributed by atoms with E-state index in [0.29, 0.717) is 0 Å². The number of rotatable bonds is 11. The van der Waals surface area contributed by atoms with Crippen molar-refractivity contribution in [3.8, 4) is 11.5 Å². The fraction of sp³-hybridized carbons (Fsp3) is 0.667.